The number of hydrazine groups is 1. The number of carbonyl (C=O) groups is 2. The van der Waals surface area contributed by atoms with E-state index in [0.717, 1.165) is 24.5 Å². The second-order valence-corrected chi connectivity index (χ2v) is 5.59. The molecular weight excluding hydrogens is 304 g/mol. The molecule has 22 heavy (non-hydrogen) atoms. The number of rotatable bonds is 3. The molecule has 2 aromatic rings. The van der Waals surface area contributed by atoms with Crippen LogP contribution in [0.3, 0.4) is 0 Å². The Morgan fingerprint density at radius 3 is 2.73 bits per heavy atom. The zero-order valence-corrected chi connectivity index (χ0v) is 12.4. The maximum Gasteiger partial charge on any atom is 0.289 e. The number of nitrogens with one attached hydrogen (secondary N) is 2. The largest absolute Gasteiger partial charge is 0.371 e. The average Bonchev–Trinajstić information content (AvgIpc) is 3.23. The van der Waals surface area contributed by atoms with Crippen LogP contribution in [0.15, 0.2) is 29.8 Å². The Morgan fingerprint density at radius 2 is 2.05 bits per heavy atom. The van der Waals surface area contributed by atoms with Crippen molar-refractivity contribution in [3.05, 3.63) is 46.2 Å². The zero-order chi connectivity index (χ0) is 15.4. The minimum Gasteiger partial charge on any atom is -0.371 e. The smallest absolute Gasteiger partial charge is 0.289 e. The number of hydrogen-bond acceptors (Lipinski definition) is 6. The molecule has 3 rings (SSSR count). The first-order chi connectivity index (χ1) is 10.7. The summed E-state index contributed by atoms with van der Waals surface area (Å²) in [7, 11) is 0. The molecular formula is C14H14N4O3S. The number of nitrogens with zero attached hydrogens (tertiary/aromatic N) is 2. The van der Waals surface area contributed by atoms with E-state index in [-0.39, 0.29) is 17.5 Å². The third-order valence-corrected chi connectivity index (χ3v) is 4.08. The Kier molecular flexibility index (Phi) is 4.40. The number of pyridine rings is 1. The van der Waals surface area contributed by atoms with Gasteiger partial charge in [0.05, 0.1) is 0 Å². The van der Waals surface area contributed by atoms with E-state index in [0.29, 0.717) is 0 Å². The Morgan fingerprint density at radius 1 is 1.23 bits per heavy atom. The van der Waals surface area contributed by atoms with E-state index >= 15 is 0 Å². The number of aromatic nitrogens is 2. The van der Waals surface area contributed by atoms with Gasteiger partial charge in [-0.1, -0.05) is 6.07 Å². The van der Waals surface area contributed by atoms with Crippen LogP contribution >= 0.6 is 11.3 Å². The fraction of sp³-hybridized carbons (Fsp3) is 0.286. The highest BCUT2D eigenvalue weighted by Gasteiger charge is 2.22. The van der Waals surface area contributed by atoms with Crippen molar-refractivity contribution in [1.82, 2.24) is 20.8 Å². The van der Waals surface area contributed by atoms with Crippen LogP contribution in [-0.4, -0.2) is 28.4 Å². The summed E-state index contributed by atoms with van der Waals surface area (Å²) in [5.41, 5.74) is 5.12. The average molecular weight is 318 g/mol. The fourth-order valence-corrected chi connectivity index (χ4v) is 2.93. The van der Waals surface area contributed by atoms with Crippen molar-refractivity contribution in [2.24, 2.45) is 0 Å². The van der Waals surface area contributed by atoms with E-state index in [4.69, 9.17) is 4.74 Å². The summed E-state index contributed by atoms with van der Waals surface area (Å²) >= 11 is 1.38. The van der Waals surface area contributed by atoms with E-state index < -0.39 is 11.8 Å². The second kappa shape index (κ2) is 6.63. The van der Waals surface area contributed by atoms with E-state index in [9.17, 15) is 9.59 Å². The van der Waals surface area contributed by atoms with Gasteiger partial charge in [-0.15, -0.1) is 11.3 Å². The first-order valence-electron chi connectivity index (χ1n) is 6.83. The second-order valence-electron chi connectivity index (χ2n) is 4.70. The number of amides is 2. The van der Waals surface area contributed by atoms with Gasteiger partial charge in [0.25, 0.3) is 11.8 Å². The zero-order valence-electron chi connectivity index (χ0n) is 11.6. The lowest BCUT2D eigenvalue weighted by molar-refractivity contribution is 0.0840. The van der Waals surface area contributed by atoms with Crippen LogP contribution in [0, 0.1) is 0 Å². The Hall–Kier alpha value is -2.32. The monoisotopic (exact) mass is 318 g/mol. The first kappa shape index (κ1) is 14.6. The molecule has 0 aromatic carbocycles. The maximum absolute atomic E-state index is 12.0. The van der Waals surface area contributed by atoms with Crippen molar-refractivity contribution in [3.8, 4) is 0 Å². The molecule has 0 saturated carbocycles. The molecule has 2 aromatic heterocycles. The van der Waals surface area contributed by atoms with E-state index in [1.807, 2.05) is 0 Å². The van der Waals surface area contributed by atoms with Crippen LogP contribution in [0.2, 0.25) is 0 Å². The van der Waals surface area contributed by atoms with Crippen LogP contribution in [0.25, 0.3) is 0 Å². The summed E-state index contributed by atoms with van der Waals surface area (Å²) in [5, 5.41) is 2.44. The predicted molar refractivity (Wildman–Crippen MR) is 79.2 cm³/mol. The molecule has 0 radical (unpaired) electrons. The quantitative estimate of drug-likeness (QED) is 0.836. The first-order valence-corrected chi connectivity index (χ1v) is 7.71. The van der Waals surface area contributed by atoms with Crippen molar-refractivity contribution >= 4 is 23.2 Å². The van der Waals surface area contributed by atoms with Crippen molar-refractivity contribution < 1.29 is 14.3 Å². The van der Waals surface area contributed by atoms with Crippen LogP contribution < -0.4 is 10.9 Å². The number of ether oxygens (including phenoxy) is 1. The molecule has 1 saturated heterocycles. The third kappa shape index (κ3) is 3.29. The number of hydrogen-bond donors (Lipinski definition) is 2. The Balaban J connectivity index is 1.57. The van der Waals surface area contributed by atoms with Crippen molar-refractivity contribution in [3.63, 3.8) is 0 Å². The molecule has 114 valence electrons. The van der Waals surface area contributed by atoms with Crippen molar-refractivity contribution in [1.29, 1.82) is 0 Å². The lowest BCUT2D eigenvalue weighted by atomic mass is 10.2. The highest BCUT2D eigenvalue weighted by Crippen LogP contribution is 2.30. The molecule has 1 unspecified atom stereocenters. The SMILES string of the molecule is O=C(NNC(=O)c1csc(C2CCCO2)n1)c1ccccn1. The highest BCUT2D eigenvalue weighted by atomic mass is 32.1. The third-order valence-electron chi connectivity index (χ3n) is 3.15. The van der Waals surface area contributed by atoms with Crippen molar-refractivity contribution in [2.75, 3.05) is 6.61 Å². The van der Waals surface area contributed by atoms with E-state index in [2.05, 4.69) is 20.8 Å². The summed E-state index contributed by atoms with van der Waals surface area (Å²) in [6, 6.07) is 4.95. The topological polar surface area (TPSA) is 93.2 Å². The summed E-state index contributed by atoms with van der Waals surface area (Å²) < 4.78 is 5.53. The highest BCUT2D eigenvalue weighted by molar-refractivity contribution is 7.09. The van der Waals surface area contributed by atoms with Gasteiger partial charge in [-0.3, -0.25) is 25.4 Å². The Bertz CT molecular complexity index is 668. The molecule has 1 aliphatic heterocycles. The lowest BCUT2D eigenvalue weighted by Crippen LogP contribution is -2.42. The molecule has 3 heterocycles. The Labute approximate surface area is 130 Å². The summed E-state index contributed by atoms with van der Waals surface area (Å²) in [4.78, 5) is 31.9. The van der Waals surface area contributed by atoms with Gasteiger partial charge in [-0.2, -0.15) is 0 Å². The predicted octanol–water partition coefficient (Wildman–Crippen LogP) is 1.46. The van der Waals surface area contributed by atoms with Gasteiger partial charge in [-0.25, -0.2) is 4.98 Å². The molecule has 0 bridgehead atoms. The molecule has 1 atom stereocenters. The lowest BCUT2D eigenvalue weighted by Gasteiger charge is -2.05. The minimum absolute atomic E-state index is 0.0188. The molecule has 0 aliphatic carbocycles. The van der Waals surface area contributed by atoms with Crippen molar-refractivity contribution in [2.45, 2.75) is 18.9 Å². The number of thiazole rings is 1. The fourth-order valence-electron chi connectivity index (χ4n) is 2.05. The maximum atomic E-state index is 12.0. The molecule has 1 fully saturated rings. The molecule has 1 aliphatic rings. The molecule has 0 spiro atoms. The van der Waals surface area contributed by atoms with Crippen LogP contribution in [0.4, 0.5) is 0 Å². The van der Waals surface area contributed by atoms with Gasteiger partial charge >= 0.3 is 0 Å². The van der Waals surface area contributed by atoms with Gasteiger partial charge in [0.2, 0.25) is 0 Å². The minimum atomic E-state index is -0.483. The van der Waals surface area contributed by atoms with Crippen LogP contribution in [-0.2, 0) is 4.74 Å². The van der Waals surface area contributed by atoms with Crippen LogP contribution in [0.5, 0.6) is 0 Å². The standard InChI is InChI=1S/C14H14N4O3S/c19-12(9-4-1-2-6-15-9)17-18-13(20)10-8-22-14(16-10)11-5-3-7-21-11/h1-2,4,6,8,11H,3,5,7H2,(H,17,19)(H,18,20). The summed E-state index contributed by atoms with van der Waals surface area (Å²) in [6.45, 7) is 0.728. The van der Waals surface area contributed by atoms with Gasteiger partial charge in [-0.05, 0) is 25.0 Å². The molecule has 2 N–H and O–H groups in total. The van der Waals surface area contributed by atoms with Gasteiger partial charge in [0.15, 0.2) is 0 Å². The molecule has 8 heteroatoms. The number of carbonyl (C=O) groups excluding carboxylic acids is 2. The van der Waals surface area contributed by atoms with Gasteiger partial charge in [0.1, 0.15) is 22.5 Å². The summed E-state index contributed by atoms with van der Waals surface area (Å²) in [5.74, 6) is -0.951. The summed E-state index contributed by atoms with van der Waals surface area (Å²) in [6.07, 6.45) is 3.41. The van der Waals surface area contributed by atoms with Crippen LogP contribution in [0.1, 0.15) is 44.9 Å². The molecule has 2 amide bonds. The van der Waals surface area contributed by atoms with E-state index in [1.165, 1.54) is 17.5 Å². The van der Waals surface area contributed by atoms with Gasteiger partial charge < -0.3 is 4.74 Å². The normalized spacial score (nSPS) is 17.2. The van der Waals surface area contributed by atoms with Gasteiger partial charge in [0, 0.05) is 18.2 Å². The molecule has 7 nitrogen and oxygen atoms in total. The van der Waals surface area contributed by atoms with E-state index in [1.54, 1.807) is 23.6 Å².